The van der Waals surface area contributed by atoms with Gasteiger partial charge >= 0.3 is 5.97 Å². The molecule has 0 radical (unpaired) electrons. The summed E-state index contributed by atoms with van der Waals surface area (Å²) >= 11 is 0. The highest BCUT2D eigenvalue weighted by molar-refractivity contribution is 5.92. The zero-order valence-corrected chi connectivity index (χ0v) is 10.6. The Morgan fingerprint density at radius 1 is 1.17 bits per heavy atom. The van der Waals surface area contributed by atoms with Crippen molar-refractivity contribution in [3.05, 3.63) is 29.8 Å². The Balaban J connectivity index is 2.42. The van der Waals surface area contributed by atoms with Crippen LogP contribution in [0.2, 0.25) is 0 Å². The molecule has 0 saturated heterocycles. The number of carboxylic acid groups (broad SMARTS) is 1. The fourth-order valence-electron chi connectivity index (χ4n) is 1.44. The highest BCUT2D eigenvalue weighted by Crippen LogP contribution is 2.16. The molecule has 0 aromatic heterocycles. The number of anilines is 1. The van der Waals surface area contributed by atoms with Crippen molar-refractivity contribution in [2.75, 3.05) is 18.4 Å². The van der Waals surface area contributed by atoms with Crippen molar-refractivity contribution in [2.24, 2.45) is 0 Å². The van der Waals surface area contributed by atoms with Crippen LogP contribution in [0.25, 0.3) is 0 Å². The van der Waals surface area contributed by atoms with Gasteiger partial charge in [0.15, 0.2) is 0 Å². The van der Waals surface area contributed by atoms with Gasteiger partial charge in [-0.2, -0.15) is 0 Å². The first-order valence-corrected chi connectivity index (χ1v) is 5.81. The van der Waals surface area contributed by atoms with Gasteiger partial charge in [0.05, 0.1) is 13.1 Å². The van der Waals surface area contributed by atoms with Gasteiger partial charge in [-0.25, -0.2) is 0 Å². The van der Waals surface area contributed by atoms with Crippen LogP contribution in [0, 0.1) is 0 Å². The van der Waals surface area contributed by atoms with E-state index < -0.39 is 5.97 Å². The number of nitrogens with one attached hydrogen (secondary N) is 2. The lowest BCUT2D eigenvalue weighted by Crippen LogP contribution is -2.31. The lowest BCUT2D eigenvalue weighted by molar-refractivity contribution is -0.135. The van der Waals surface area contributed by atoms with Crippen LogP contribution in [0.15, 0.2) is 24.3 Å². The SMILES string of the molecule is CC(C)c1ccc(NC(=O)CNCC(=O)O)cc1. The lowest BCUT2D eigenvalue weighted by atomic mass is 10.0. The molecule has 0 spiro atoms. The smallest absolute Gasteiger partial charge is 0.317 e. The van der Waals surface area contributed by atoms with Gasteiger partial charge in [-0.3, -0.25) is 14.9 Å². The van der Waals surface area contributed by atoms with Crippen LogP contribution in [0.5, 0.6) is 0 Å². The van der Waals surface area contributed by atoms with Gasteiger partial charge < -0.3 is 10.4 Å². The van der Waals surface area contributed by atoms with E-state index >= 15 is 0 Å². The molecule has 0 heterocycles. The summed E-state index contributed by atoms with van der Waals surface area (Å²) in [6, 6.07) is 7.60. The Morgan fingerprint density at radius 3 is 2.28 bits per heavy atom. The third-order valence-corrected chi connectivity index (χ3v) is 2.42. The second kappa shape index (κ2) is 6.76. The minimum atomic E-state index is -0.982. The van der Waals surface area contributed by atoms with Crippen LogP contribution >= 0.6 is 0 Å². The third kappa shape index (κ3) is 4.97. The number of amides is 1. The van der Waals surface area contributed by atoms with Crippen LogP contribution in [-0.4, -0.2) is 30.1 Å². The fourth-order valence-corrected chi connectivity index (χ4v) is 1.44. The van der Waals surface area contributed by atoms with Crippen LogP contribution in [-0.2, 0) is 9.59 Å². The molecule has 98 valence electrons. The molecule has 3 N–H and O–H groups in total. The highest BCUT2D eigenvalue weighted by atomic mass is 16.4. The van der Waals surface area contributed by atoms with E-state index in [1.807, 2.05) is 24.3 Å². The molecule has 0 saturated carbocycles. The minimum absolute atomic E-state index is 0.0156. The maximum absolute atomic E-state index is 11.4. The summed E-state index contributed by atoms with van der Waals surface area (Å²) in [6.07, 6.45) is 0. The molecule has 18 heavy (non-hydrogen) atoms. The zero-order valence-electron chi connectivity index (χ0n) is 10.6. The number of carboxylic acids is 1. The van der Waals surface area contributed by atoms with E-state index in [0.29, 0.717) is 11.6 Å². The van der Waals surface area contributed by atoms with Gasteiger partial charge in [-0.05, 0) is 23.6 Å². The molecule has 1 amide bonds. The van der Waals surface area contributed by atoms with E-state index in [1.165, 1.54) is 5.56 Å². The summed E-state index contributed by atoms with van der Waals surface area (Å²) in [7, 11) is 0. The van der Waals surface area contributed by atoms with Crippen LogP contribution < -0.4 is 10.6 Å². The Bertz CT molecular complexity index is 413. The van der Waals surface area contributed by atoms with E-state index in [4.69, 9.17) is 5.11 Å². The Labute approximate surface area is 106 Å². The van der Waals surface area contributed by atoms with Gasteiger partial charge in [-0.15, -0.1) is 0 Å². The maximum atomic E-state index is 11.4. The number of rotatable bonds is 6. The van der Waals surface area contributed by atoms with Gasteiger partial charge in [0.25, 0.3) is 0 Å². The number of benzene rings is 1. The summed E-state index contributed by atoms with van der Waals surface area (Å²) in [5.74, 6) is -0.787. The number of carbonyl (C=O) groups excluding carboxylic acids is 1. The Hall–Kier alpha value is -1.88. The van der Waals surface area contributed by atoms with Crippen LogP contribution in [0.4, 0.5) is 5.69 Å². The predicted molar refractivity (Wildman–Crippen MR) is 69.7 cm³/mol. The molecule has 0 aliphatic heterocycles. The molecule has 0 fully saturated rings. The number of hydrogen-bond donors (Lipinski definition) is 3. The molecule has 0 unspecified atom stereocenters. The fraction of sp³-hybridized carbons (Fsp3) is 0.385. The summed E-state index contributed by atoms with van der Waals surface area (Å²) < 4.78 is 0. The minimum Gasteiger partial charge on any atom is -0.480 e. The molecule has 0 bridgehead atoms. The number of carbonyl (C=O) groups is 2. The molecule has 5 heteroatoms. The lowest BCUT2D eigenvalue weighted by Gasteiger charge is -2.08. The van der Waals surface area contributed by atoms with E-state index in [2.05, 4.69) is 24.5 Å². The molecule has 0 aliphatic carbocycles. The summed E-state index contributed by atoms with van der Waals surface area (Å²) in [5, 5.41) is 13.6. The van der Waals surface area contributed by atoms with Crippen LogP contribution in [0.1, 0.15) is 25.3 Å². The van der Waals surface area contributed by atoms with Gasteiger partial charge in [0.2, 0.25) is 5.91 Å². The molecule has 1 aromatic rings. The molecule has 0 aliphatic rings. The number of aliphatic carboxylic acids is 1. The summed E-state index contributed by atoms with van der Waals surface area (Å²) in [4.78, 5) is 21.7. The molecule has 0 atom stereocenters. The van der Waals surface area contributed by atoms with E-state index in [0.717, 1.165) is 0 Å². The third-order valence-electron chi connectivity index (χ3n) is 2.42. The van der Waals surface area contributed by atoms with Gasteiger partial charge in [0.1, 0.15) is 0 Å². The van der Waals surface area contributed by atoms with Gasteiger partial charge in [0, 0.05) is 5.69 Å². The van der Waals surface area contributed by atoms with Crippen molar-refractivity contribution in [3.63, 3.8) is 0 Å². The molecular weight excluding hydrogens is 232 g/mol. The van der Waals surface area contributed by atoms with E-state index in [1.54, 1.807) is 0 Å². The van der Waals surface area contributed by atoms with E-state index in [9.17, 15) is 9.59 Å². The van der Waals surface area contributed by atoms with Crippen molar-refractivity contribution in [1.29, 1.82) is 0 Å². The standard InChI is InChI=1S/C13H18N2O3/c1-9(2)10-3-5-11(6-4-10)15-12(16)7-14-8-13(17)18/h3-6,9,14H,7-8H2,1-2H3,(H,15,16)(H,17,18). The van der Waals surface area contributed by atoms with Crippen molar-refractivity contribution in [2.45, 2.75) is 19.8 Å². The second-order valence-corrected chi connectivity index (χ2v) is 4.32. The molecular formula is C13H18N2O3. The maximum Gasteiger partial charge on any atom is 0.317 e. The molecule has 1 aromatic carbocycles. The van der Waals surface area contributed by atoms with E-state index in [-0.39, 0.29) is 19.0 Å². The predicted octanol–water partition coefficient (Wildman–Crippen LogP) is 1.42. The quantitative estimate of drug-likeness (QED) is 0.713. The van der Waals surface area contributed by atoms with Gasteiger partial charge in [-0.1, -0.05) is 26.0 Å². The zero-order chi connectivity index (χ0) is 13.5. The highest BCUT2D eigenvalue weighted by Gasteiger charge is 2.04. The average Bonchev–Trinajstić information content (AvgIpc) is 2.29. The van der Waals surface area contributed by atoms with Crippen LogP contribution in [0.3, 0.4) is 0 Å². The summed E-state index contributed by atoms with van der Waals surface area (Å²) in [6.45, 7) is 3.96. The first-order valence-electron chi connectivity index (χ1n) is 5.81. The van der Waals surface area contributed by atoms with Crippen molar-refractivity contribution in [3.8, 4) is 0 Å². The second-order valence-electron chi connectivity index (χ2n) is 4.32. The first-order chi connectivity index (χ1) is 8.49. The normalized spacial score (nSPS) is 10.4. The topological polar surface area (TPSA) is 78.4 Å². The molecule has 1 rings (SSSR count). The van der Waals surface area contributed by atoms with Crippen molar-refractivity contribution in [1.82, 2.24) is 5.32 Å². The van der Waals surface area contributed by atoms with Crippen molar-refractivity contribution >= 4 is 17.6 Å². The monoisotopic (exact) mass is 250 g/mol. The largest absolute Gasteiger partial charge is 0.480 e. The number of hydrogen-bond acceptors (Lipinski definition) is 3. The Morgan fingerprint density at radius 2 is 1.78 bits per heavy atom. The Kier molecular flexibility index (Phi) is 5.32. The average molecular weight is 250 g/mol. The first kappa shape index (κ1) is 14.2. The summed E-state index contributed by atoms with van der Waals surface area (Å²) in [5.41, 5.74) is 1.92. The molecule has 5 nitrogen and oxygen atoms in total. The van der Waals surface area contributed by atoms with Crippen molar-refractivity contribution < 1.29 is 14.7 Å².